The van der Waals surface area contributed by atoms with Crippen LogP contribution in [0.3, 0.4) is 0 Å². The number of amides is 1. The molecule has 2 aromatic carbocycles. The summed E-state index contributed by atoms with van der Waals surface area (Å²) < 4.78 is 37.2. The number of esters is 1. The predicted octanol–water partition coefficient (Wildman–Crippen LogP) is 2.84. The molecule has 0 fully saturated rings. The zero-order valence-electron chi connectivity index (χ0n) is 18.1. The van der Waals surface area contributed by atoms with Gasteiger partial charge in [0.1, 0.15) is 25.5 Å². The first-order valence-corrected chi connectivity index (χ1v) is 11.2. The maximum Gasteiger partial charge on any atom is 0.321 e. The van der Waals surface area contributed by atoms with E-state index in [1.54, 1.807) is 0 Å². The van der Waals surface area contributed by atoms with Crippen LogP contribution in [0.4, 0.5) is 5.69 Å². The molecule has 9 heteroatoms. The molecule has 0 bridgehead atoms. The minimum atomic E-state index is -3.89. The van der Waals surface area contributed by atoms with Crippen molar-refractivity contribution in [1.82, 2.24) is 4.72 Å². The molecule has 2 aromatic rings. The Labute approximate surface area is 183 Å². The van der Waals surface area contributed by atoms with Crippen molar-refractivity contribution in [2.75, 3.05) is 25.1 Å². The highest BCUT2D eigenvalue weighted by molar-refractivity contribution is 7.89. The lowest BCUT2D eigenvalue weighted by atomic mass is 9.87. The number of carbonyl (C=O) groups excluding carboxylic acids is 2. The predicted molar refractivity (Wildman–Crippen MR) is 118 cm³/mol. The van der Waals surface area contributed by atoms with E-state index in [9.17, 15) is 18.0 Å². The molecule has 1 amide bonds. The lowest BCUT2D eigenvalue weighted by Gasteiger charge is -2.19. The second-order valence-electron chi connectivity index (χ2n) is 7.87. The molecule has 0 heterocycles. The molecule has 168 valence electrons. The monoisotopic (exact) mass is 448 g/mol. The Morgan fingerprint density at radius 1 is 0.935 bits per heavy atom. The van der Waals surface area contributed by atoms with E-state index in [0.717, 1.165) is 0 Å². The summed E-state index contributed by atoms with van der Waals surface area (Å²) in [7, 11) is -3.89. The first-order valence-electron chi connectivity index (χ1n) is 9.74. The molecule has 2 rings (SSSR count). The van der Waals surface area contributed by atoms with Crippen LogP contribution in [0.5, 0.6) is 5.75 Å². The van der Waals surface area contributed by atoms with E-state index in [4.69, 9.17) is 9.47 Å². The molecule has 0 aromatic heterocycles. The molecule has 0 radical (unpaired) electrons. The number of ether oxygens (including phenoxy) is 2. The molecule has 0 aliphatic heterocycles. The van der Waals surface area contributed by atoms with Gasteiger partial charge in [-0.3, -0.25) is 9.59 Å². The zero-order chi connectivity index (χ0) is 23.1. The highest BCUT2D eigenvalue weighted by Crippen LogP contribution is 2.24. The lowest BCUT2D eigenvalue weighted by Crippen LogP contribution is -2.31. The SMILES string of the molecule is CC(=O)Nc1ccc(S(=O)(=O)NCC(=O)OCCOc2ccc(C(C)(C)C)cc2)cc1. The molecule has 0 aliphatic carbocycles. The average Bonchev–Trinajstić information content (AvgIpc) is 2.69. The molecule has 0 atom stereocenters. The van der Waals surface area contributed by atoms with E-state index >= 15 is 0 Å². The molecule has 0 unspecified atom stereocenters. The second-order valence-corrected chi connectivity index (χ2v) is 9.64. The van der Waals surface area contributed by atoms with Crippen LogP contribution in [-0.2, 0) is 29.8 Å². The summed E-state index contributed by atoms with van der Waals surface area (Å²) >= 11 is 0. The summed E-state index contributed by atoms with van der Waals surface area (Å²) in [4.78, 5) is 22.8. The molecular weight excluding hydrogens is 420 g/mol. The molecule has 8 nitrogen and oxygen atoms in total. The highest BCUT2D eigenvalue weighted by atomic mass is 32.2. The van der Waals surface area contributed by atoms with Crippen LogP contribution in [0.15, 0.2) is 53.4 Å². The van der Waals surface area contributed by atoms with E-state index in [0.29, 0.717) is 11.4 Å². The summed E-state index contributed by atoms with van der Waals surface area (Å²) in [6, 6.07) is 13.3. The summed E-state index contributed by atoms with van der Waals surface area (Å²) in [5.74, 6) is -0.319. The van der Waals surface area contributed by atoms with E-state index < -0.39 is 22.5 Å². The smallest absolute Gasteiger partial charge is 0.321 e. The van der Waals surface area contributed by atoms with Gasteiger partial charge < -0.3 is 14.8 Å². The lowest BCUT2D eigenvalue weighted by molar-refractivity contribution is -0.142. The number of rotatable bonds is 9. The van der Waals surface area contributed by atoms with Gasteiger partial charge in [-0.2, -0.15) is 4.72 Å². The van der Waals surface area contributed by atoms with Gasteiger partial charge in [-0.05, 0) is 47.4 Å². The Morgan fingerprint density at radius 3 is 2.10 bits per heavy atom. The van der Waals surface area contributed by atoms with Crippen LogP contribution in [0.1, 0.15) is 33.3 Å². The quantitative estimate of drug-likeness (QED) is 0.451. The van der Waals surface area contributed by atoms with E-state index in [1.165, 1.54) is 36.8 Å². The minimum Gasteiger partial charge on any atom is -0.490 e. The summed E-state index contributed by atoms with van der Waals surface area (Å²) in [5.41, 5.74) is 1.71. The summed E-state index contributed by atoms with van der Waals surface area (Å²) in [6.07, 6.45) is 0. The van der Waals surface area contributed by atoms with Gasteiger partial charge in [0.2, 0.25) is 15.9 Å². The van der Waals surface area contributed by atoms with E-state index in [1.807, 2.05) is 24.3 Å². The van der Waals surface area contributed by atoms with Gasteiger partial charge in [-0.15, -0.1) is 0 Å². The number of nitrogens with one attached hydrogen (secondary N) is 2. The third kappa shape index (κ3) is 8.03. The van der Waals surface area contributed by atoms with Crippen LogP contribution < -0.4 is 14.8 Å². The van der Waals surface area contributed by atoms with Crippen molar-refractivity contribution < 1.29 is 27.5 Å². The van der Waals surface area contributed by atoms with Gasteiger partial charge in [0.25, 0.3) is 0 Å². The number of anilines is 1. The van der Waals surface area contributed by atoms with Gasteiger partial charge in [0.15, 0.2) is 0 Å². The Balaban J connectivity index is 1.74. The standard InChI is InChI=1S/C22H28N2O6S/c1-16(25)24-18-7-11-20(12-8-18)31(27,28)23-15-21(26)30-14-13-29-19-9-5-17(6-10-19)22(2,3)4/h5-12,23H,13-15H2,1-4H3,(H,24,25). The Bertz CT molecular complexity index is 994. The third-order valence-electron chi connectivity index (χ3n) is 4.23. The largest absolute Gasteiger partial charge is 0.490 e. The maximum absolute atomic E-state index is 12.3. The maximum atomic E-state index is 12.3. The van der Waals surface area contributed by atoms with Gasteiger partial charge in [-0.1, -0.05) is 32.9 Å². The molecular formula is C22H28N2O6S. The van der Waals surface area contributed by atoms with Crippen LogP contribution >= 0.6 is 0 Å². The van der Waals surface area contributed by atoms with Gasteiger partial charge >= 0.3 is 5.97 Å². The Morgan fingerprint density at radius 2 is 1.55 bits per heavy atom. The van der Waals surface area contributed by atoms with Crippen LogP contribution in [0, 0.1) is 0 Å². The van der Waals surface area contributed by atoms with Crippen molar-refractivity contribution in [2.45, 2.75) is 38.0 Å². The normalized spacial score (nSPS) is 11.6. The highest BCUT2D eigenvalue weighted by Gasteiger charge is 2.16. The fraction of sp³-hybridized carbons (Fsp3) is 0.364. The fourth-order valence-corrected chi connectivity index (χ4v) is 3.54. The first-order chi connectivity index (χ1) is 14.5. The molecule has 0 aliphatic rings. The summed E-state index contributed by atoms with van der Waals surface area (Å²) in [5, 5.41) is 2.54. The van der Waals surface area contributed by atoms with Crippen LogP contribution in [0.25, 0.3) is 0 Å². The zero-order valence-corrected chi connectivity index (χ0v) is 18.9. The number of sulfonamides is 1. The number of benzene rings is 2. The molecule has 0 saturated carbocycles. The molecule has 0 spiro atoms. The number of hydrogen-bond acceptors (Lipinski definition) is 6. The third-order valence-corrected chi connectivity index (χ3v) is 5.64. The molecule has 31 heavy (non-hydrogen) atoms. The minimum absolute atomic E-state index is 0.00695. The van der Waals surface area contributed by atoms with Gasteiger partial charge in [-0.25, -0.2) is 8.42 Å². The van der Waals surface area contributed by atoms with Gasteiger partial charge in [0, 0.05) is 12.6 Å². The van der Waals surface area contributed by atoms with Crippen molar-refractivity contribution in [3.05, 3.63) is 54.1 Å². The summed E-state index contributed by atoms with van der Waals surface area (Å²) in [6.45, 7) is 7.36. The Hall–Kier alpha value is -2.91. The Kier molecular flexibility index (Phi) is 8.18. The number of hydrogen-bond donors (Lipinski definition) is 2. The second kappa shape index (κ2) is 10.4. The van der Waals surface area contributed by atoms with Crippen LogP contribution in [-0.4, -0.2) is 40.1 Å². The first kappa shape index (κ1) is 24.4. The van der Waals surface area contributed by atoms with E-state index in [2.05, 4.69) is 30.8 Å². The van der Waals surface area contributed by atoms with Gasteiger partial charge in [0.05, 0.1) is 4.90 Å². The van der Waals surface area contributed by atoms with Crippen molar-refractivity contribution >= 4 is 27.6 Å². The molecule has 0 saturated heterocycles. The number of carbonyl (C=O) groups is 2. The average molecular weight is 449 g/mol. The fourth-order valence-electron chi connectivity index (χ4n) is 2.58. The van der Waals surface area contributed by atoms with Crippen molar-refractivity contribution in [3.63, 3.8) is 0 Å². The van der Waals surface area contributed by atoms with Crippen molar-refractivity contribution in [1.29, 1.82) is 0 Å². The topological polar surface area (TPSA) is 111 Å². The molecule has 2 N–H and O–H groups in total. The van der Waals surface area contributed by atoms with Crippen molar-refractivity contribution in [2.24, 2.45) is 0 Å². The van der Waals surface area contributed by atoms with Crippen molar-refractivity contribution in [3.8, 4) is 5.75 Å². The van der Waals surface area contributed by atoms with E-state index in [-0.39, 0.29) is 29.4 Å². The van der Waals surface area contributed by atoms with Crippen LogP contribution in [0.2, 0.25) is 0 Å².